The molecule has 0 aliphatic carbocycles. The molecule has 0 aliphatic heterocycles. The molecule has 2 heterocycles. The summed E-state index contributed by atoms with van der Waals surface area (Å²) in [6.07, 6.45) is 5.60. The molecule has 0 spiro atoms. The van der Waals surface area contributed by atoms with Gasteiger partial charge in [-0.05, 0) is 23.2 Å². The largest absolute Gasteiger partial charge is 0.285 e. The van der Waals surface area contributed by atoms with Gasteiger partial charge in [0.25, 0.3) is 0 Å². The van der Waals surface area contributed by atoms with Gasteiger partial charge in [0.2, 0.25) is 0 Å². The monoisotopic (exact) mass is 201 g/mol. The van der Waals surface area contributed by atoms with Crippen molar-refractivity contribution < 1.29 is 0 Å². The third-order valence-corrected chi connectivity index (χ3v) is 2.95. The Hall–Kier alpha value is -1.68. The number of benzene rings is 1. The Morgan fingerprint density at radius 2 is 2.14 bits per heavy atom. The van der Waals surface area contributed by atoms with Crippen LogP contribution in [0.3, 0.4) is 0 Å². The summed E-state index contributed by atoms with van der Waals surface area (Å²) < 4.78 is 5.35. The minimum absolute atomic E-state index is 1.11. The molecule has 3 aromatic rings. The van der Waals surface area contributed by atoms with Crippen molar-refractivity contribution in [2.24, 2.45) is 0 Å². The fraction of sp³-hybridized carbons (Fsp3) is 0. The number of hydrogen-bond acceptors (Lipinski definition) is 3. The molecule has 0 aliphatic rings. The first kappa shape index (κ1) is 7.70. The number of nitrogens with one attached hydrogen (secondary N) is 1. The van der Waals surface area contributed by atoms with Gasteiger partial charge in [-0.2, -0.15) is 9.47 Å². The maximum absolute atomic E-state index is 4.14. The van der Waals surface area contributed by atoms with Crippen molar-refractivity contribution in [2.45, 2.75) is 0 Å². The standard InChI is InChI=1S/C10H7N3S/c1-2-8-6-13-14-10(8)3-7(1)9-4-11-12-5-9/h1-6H,(H,11,12). The minimum Gasteiger partial charge on any atom is -0.285 e. The SMILES string of the molecule is c1cc2cnsc2cc1-c1cn[nH]c1. The van der Waals surface area contributed by atoms with E-state index in [9.17, 15) is 0 Å². The number of aromatic nitrogens is 3. The smallest absolute Gasteiger partial charge is 0.0565 e. The molecule has 4 heteroatoms. The van der Waals surface area contributed by atoms with Gasteiger partial charge in [0.1, 0.15) is 0 Å². The second kappa shape index (κ2) is 2.92. The Morgan fingerprint density at radius 1 is 1.14 bits per heavy atom. The topological polar surface area (TPSA) is 41.6 Å². The van der Waals surface area contributed by atoms with Crippen LogP contribution < -0.4 is 0 Å². The molecular weight excluding hydrogens is 194 g/mol. The molecule has 0 unspecified atom stereocenters. The highest BCUT2D eigenvalue weighted by molar-refractivity contribution is 7.13. The van der Waals surface area contributed by atoms with Crippen LogP contribution in [0.2, 0.25) is 0 Å². The number of hydrogen-bond donors (Lipinski definition) is 1. The van der Waals surface area contributed by atoms with Crippen LogP contribution >= 0.6 is 11.5 Å². The maximum atomic E-state index is 4.14. The van der Waals surface area contributed by atoms with Gasteiger partial charge < -0.3 is 0 Å². The van der Waals surface area contributed by atoms with E-state index < -0.39 is 0 Å². The second-order valence-corrected chi connectivity index (χ2v) is 3.90. The van der Waals surface area contributed by atoms with Gasteiger partial charge in [-0.3, -0.25) is 5.10 Å². The van der Waals surface area contributed by atoms with E-state index in [1.807, 2.05) is 18.6 Å². The van der Waals surface area contributed by atoms with Gasteiger partial charge >= 0.3 is 0 Å². The quantitative estimate of drug-likeness (QED) is 0.657. The molecule has 1 aromatic carbocycles. The predicted molar refractivity (Wildman–Crippen MR) is 57.2 cm³/mol. The molecule has 0 saturated heterocycles. The molecule has 0 bridgehead atoms. The second-order valence-electron chi connectivity index (χ2n) is 3.07. The van der Waals surface area contributed by atoms with Crippen molar-refractivity contribution in [3.05, 3.63) is 36.8 Å². The lowest BCUT2D eigenvalue weighted by Crippen LogP contribution is -1.72. The van der Waals surface area contributed by atoms with Gasteiger partial charge in [0.05, 0.1) is 10.9 Å². The zero-order chi connectivity index (χ0) is 9.38. The maximum Gasteiger partial charge on any atom is 0.0565 e. The number of H-pyrrole nitrogens is 1. The number of aromatic amines is 1. The van der Waals surface area contributed by atoms with Crippen LogP contribution in [0.5, 0.6) is 0 Å². The third-order valence-electron chi connectivity index (χ3n) is 2.19. The van der Waals surface area contributed by atoms with E-state index in [0.29, 0.717) is 0 Å². The van der Waals surface area contributed by atoms with E-state index in [1.54, 1.807) is 0 Å². The van der Waals surface area contributed by atoms with Crippen LogP contribution in [0.4, 0.5) is 0 Å². The molecule has 2 aromatic heterocycles. The van der Waals surface area contributed by atoms with Gasteiger partial charge in [-0.25, -0.2) is 0 Å². The lowest BCUT2D eigenvalue weighted by Gasteiger charge is -1.95. The van der Waals surface area contributed by atoms with Gasteiger partial charge in [0.15, 0.2) is 0 Å². The van der Waals surface area contributed by atoms with Crippen LogP contribution in [-0.2, 0) is 0 Å². The van der Waals surface area contributed by atoms with Crippen molar-refractivity contribution in [2.75, 3.05) is 0 Å². The number of rotatable bonds is 1. The Kier molecular flexibility index (Phi) is 1.61. The Morgan fingerprint density at radius 3 is 3.00 bits per heavy atom. The van der Waals surface area contributed by atoms with E-state index in [2.05, 4.69) is 32.8 Å². The Balaban J connectivity index is 2.23. The van der Waals surface area contributed by atoms with E-state index in [-0.39, 0.29) is 0 Å². The fourth-order valence-electron chi connectivity index (χ4n) is 1.45. The summed E-state index contributed by atoms with van der Waals surface area (Å²) in [7, 11) is 0. The number of nitrogens with zero attached hydrogens (tertiary/aromatic N) is 2. The number of fused-ring (bicyclic) bond motifs is 1. The zero-order valence-electron chi connectivity index (χ0n) is 7.27. The molecule has 0 amide bonds. The third kappa shape index (κ3) is 1.12. The van der Waals surface area contributed by atoms with Crippen LogP contribution in [0.25, 0.3) is 21.2 Å². The lowest BCUT2D eigenvalue weighted by atomic mass is 10.1. The molecule has 14 heavy (non-hydrogen) atoms. The zero-order valence-corrected chi connectivity index (χ0v) is 8.08. The summed E-state index contributed by atoms with van der Waals surface area (Å²) in [5.41, 5.74) is 2.29. The molecule has 3 rings (SSSR count). The molecule has 1 N–H and O–H groups in total. The summed E-state index contributed by atoms with van der Waals surface area (Å²) in [5.74, 6) is 0. The van der Waals surface area contributed by atoms with Gasteiger partial charge in [0, 0.05) is 23.3 Å². The van der Waals surface area contributed by atoms with Crippen LogP contribution in [-0.4, -0.2) is 14.6 Å². The lowest BCUT2D eigenvalue weighted by molar-refractivity contribution is 1.09. The van der Waals surface area contributed by atoms with Crippen LogP contribution in [0.15, 0.2) is 36.8 Å². The first-order chi connectivity index (χ1) is 6.93. The average molecular weight is 201 g/mol. The first-order valence-electron chi connectivity index (χ1n) is 4.27. The highest BCUT2D eigenvalue weighted by Gasteiger charge is 2.01. The molecule has 68 valence electrons. The summed E-state index contributed by atoms with van der Waals surface area (Å²) in [6.45, 7) is 0. The predicted octanol–water partition coefficient (Wildman–Crippen LogP) is 2.69. The van der Waals surface area contributed by atoms with Crippen molar-refractivity contribution in [3.8, 4) is 11.1 Å². The summed E-state index contributed by atoms with van der Waals surface area (Å²) in [5, 5.41) is 7.93. The van der Waals surface area contributed by atoms with Gasteiger partial charge in [-0.15, -0.1) is 0 Å². The van der Waals surface area contributed by atoms with Crippen molar-refractivity contribution in [3.63, 3.8) is 0 Å². The molecule has 0 atom stereocenters. The highest BCUT2D eigenvalue weighted by Crippen LogP contribution is 2.25. The summed E-state index contributed by atoms with van der Waals surface area (Å²) in [6, 6.07) is 6.31. The molecule has 3 nitrogen and oxygen atoms in total. The van der Waals surface area contributed by atoms with Crippen molar-refractivity contribution >= 4 is 21.6 Å². The molecule has 0 saturated carbocycles. The normalized spacial score (nSPS) is 10.9. The summed E-state index contributed by atoms with van der Waals surface area (Å²) in [4.78, 5) is 0. The van der Waals surface area contributed by atoms with Crippen LogP contribution in [0.1, 0.15) is 0 Å². The van der Waals surface area contributed by atoms with Crippen molar-refractivity contribution in [1.29, 1.82) is 0 Å². The van der Waals surface area contributed by atoms with E-state index in [0.717, 1.165) is 5.56 Å². The van der Waals surface area contributed by atoms with E-state index in [4.69, 9.17) is 0 Å². The Labute approximate surface area is 84.6 Å². The first-order valence-corrected chi connectivity index (χ1v) is 5.04. The highest BCUT2D eigenvalue weighted by atomic mass is 32.1. The fourth-order valence-corrected chi connectivity index (χ4v) is 2.13. The van der Waals surface area contributed by atoms with Crippen LogP contribution in [0, 0.1) is 0 Å². The molecule has 0 radical (unpaired) electrons. The summed E-state index contributed by atoms with van der Waals surface area (Å²) >= 11 is 1.52. The minimum atomic E-state index is 1.11. The Bertz CT molecular complexity index is 554. The van der Waals surface area contributed by atoms with E-state index in [1.165, 1.54) is 27.2 Å². The van der Waals surface area contributed by atoms with E-state index >= 15 is 0 Å². The van der Waals surface area contributed by atoms with Gasteiger partial charge in [-0.1, -0.05) is 12.1 Å². The average Bonchev–Trinajstić information content (AvgIpc) is 2.88. The molecule has 0 fully saturated rings. The van der Waals surface area contributed by atoms with Crippen molar-refractivity contribution in [1.82, 2.24) is 14.6 Å². The molecular formula is C10H7N3S.